The van der Waals surface area contributed by atoms with Gasteiger partial charge in [-0.15, -0.1) is 0 Å². The number of rotatable bonds is 4. The zero-order valence-electron chi connectivity index (χ0n) is 12.4. The summed E-state index contributed by atoms with van der Waals surface area (Å²) in [7, 11) is 0. The second-order valence-electron chi connectivity index (χ2n) is 6.72. The second kappa shape index (κ2) is 4.64. The molecule has 0 aromatic heterocycles. The number of benzene rings is 1. The molecule has 0 atom stereocenters. The van der Waals surface area contributed by atoms with Crippen LogP contribution in [0.4, 0.5) is 5.69 Å². The first-order chi connectivity index (χ1) is 8.79. The minimum atomic E-state index is -0.413. The van der Waals surface area contributed by atoms with Gasteiger partial charge in [0.05, 0.1) is 5.41 Å². The van der Waals surface area contributed by atoms with Crippen LogP contribution in [0.25, 0.3) is 0 Å². The third kappa shape index (κ3) is 2.39. The van der Waals surface area contributed by atoms with Gasteiger partial charge in [-0.3, -0.25) is 4.79 Å². The van der Waals surface area contributed by atoms with Gasteiger partial charge in [-0.1, -0.05) is 32.0 Å². The van der Waals surface area contributed by atoms with E-state index in [2.05, 4.69) is 19.9 Å². The van der Waals surface area contributed by atoms with Crippen molar-refractivity contribution in [3.63, 3.8) is 0 Å². The van der Waals surface area contributed by atoms with Gasteiger partial charge in [0, 0.05) is 12.2 Å². The average molecular weight is 260 g/mol. The van der Waals surface area contributed by atoms with E-state index in [9.17, 15) is 4.79 Å². The molecule has 0 spiro atoms. The van der Waals surface area contributed by atoms with Crippen molar-refractivity contribution in [3.05, 3.63) is 29.8 Å². The minimum absolute atomic E-state index is 0.0714. The molecule has 0 radical (unpaired) electrons. The number of nitrogens with two attached hydrogens (primary N) is 1. The van der Waals surface area contributed by atoms with Crippen molar-refractivity contribution in [3.8, 4) is 0 Å². The number of fused-ring (bicyclic) bond motifs is 1. The number of para-hydroxylation sites is 1. The Bertz CT molecular complexity index is 491. The van der Waals surface area contributed by atoms with Gasteiger partial charge in [0.1, 0.15) is 0 Å². The van der Waals surface area contributed by atoms with Gasteiger partial charge in [-0.2, -0.15) is 0 Å². The van der Waals surface area contributed by atoms with Gasteiger partial charge >= 0.3 is 0 Å². The van der Waals surface area contributed by atoms with Gasteiger partial charge in [0.2, 0.25) is 5.91 Å². The molecule has 19 heavy (non-hydrogen) atoms. The summed E-state index contributed by atoms with van der Waals surface area (Å²) in [5.41, 5.74) is 7.62. The molecular formula is C16H24N2O. The lowest BCUT2D eigenvalue weighted by Crippen LogP contribution is -2.39. The Morgan fingerprint density at radius 1 is 1.26 bits per heavy atom. The summed E-state index contributed by atoms with van der Waals surface area (Å²) in [5, 5.41) is 0. The van der Waals surface area contributed by atoms with Crippen molar-refractivity contribution in [1.29, 1.82) is 0 Å². The van der Waals surface area contributed by atoms with Crippen LogP contribution in [-0.4, -0.2) is 19.0 Å². The largest absolute Gasteiger partial charge is 0.330 e. The first-order valence-electron chi connectivity index (χ1n) is 6.91. The van der Waals surface area contributed by atoms with Gasteiger partial charge in [-0.25, -0.2) is 0 Å². The predicted molar refractivity (Wildman–Crippen MR) is 79.3 cm³/mol. The summed E-state index contributed by atoms with van der Waals surface area (Å²) >= 11 is 0. The lowest BCUT2D eigenvalue weighted by Gasteiger charge is -2.27. The first-order valence-corrected chi connectivity index (χ1v) is 6.91. The van der Waals surface area contributed by atoms with Crippen LogP contribution < -0.4 is 10.6 Å². The fraction of sp³-hybridized carbons (Fsp3) is 0.562. The van der Waals surface area contributed by atoms with Crippen molar-refractivity contribution in [1.82, 2.24) is 0 Å². The third-order valence-electron chi connectivity index (χ3n) is 4.21. The molecule has 1 aromatic carbocycles. The SMILES string of the molecule is CC(C)(CN)CCN1C(=O)C(C)(C)c2ccccc21. The van der Waals surface area contributed by atoms with Crippen LogP contribution in [0.2, 0.25) is 0 Å². The van der Waals surface area contributed by atoms with Crippen LogP contribution in [0.1, 0.15) is 39.7 Å². The molecule has 0 saturated carbocycles. The Balaban J connectivity index is 2.26. The highest BCUT2D eigenvalue weighted by atomic mass is 16.2. The molecule has 0 bridgehead atoms. The minimum Gasteiger partial charge on any atom is -0.330 e. The van der Waals surface area contributed by atoms with Gasteiger partial charge in [0.15, 0.2) is 0 Å². The van der Waals surface area contributed by atoms with Crippen molar-refractivity contribution >= 4 is 11.6 Å². The summed E-state index contributed by atoms with van der Waals surface area (Å²) in [4.78, 5) is 14.5. The Morgan fingerprint density at radius 2 is 1.89 bits per heavy atom. The number of carbonyl (C=O) groups is 1. The van der Waals surface area contributed by atoms with Crippen LogP contribution >= 0.6 is 0 Å². The Labute approximate surface area is 115 Å². The maximum Gasteiger partial charge on any atom is 0.237 e. The molecule has 0 unspecified atom stereocenters. The van der Waals surface area contributed by atoms with Crippen LogP contribution in [0, 0.1) is 5.41 Å². The van der Waals surface area contributed by atoms with E-state index in [1.807, 2.05) is 36.9 Å². The van der Waals surface area contributed by atoms with E-state index in [1.54, 1.807) is 0 Å². The van der Waals surface area contributed by atoms with E-state index in [0.29, 0.717) is 6.54 Å². The fourth-order valence-electron chi connectivity index (χ4n) is 2.54. The summed E-state index contributed by atoms with van der Waals surface area (Å²) in [6, 6.07) is 8.09. The van der Waals surface area contributed by atoms with Crippen LogP contribution in [-0.2, 0) is 10.2 Å². The molecule has 0 fully saturated rings. The Morgan fingerprint density at radius 3 is 2.53 bits per heavy atom. The van der Waals surface area contributed by atoms with Gasteiger partial charge in [-0.05, 0) is 43.9 Å². The molecule has 1 amide bonds. The fourth-order valence-corrected chi connectivity index (χ4v) is 2.54. The van der Waals surface area contributed by atoms with E-state index in [4.69, 9.17) is 5.73 Å². The second-order valence-corrected chi connectivity index (χ2v) is 6.72. The summed E-state index contributed by atoms with van der Waals surface area (Å²) < 4.78 is 0. The number of nitrogens with zero attached hydrogens (tertiary/aromatic N) is 1. The van der Waals surface area contributed by atoms with Crippen LogP contribution in [0.5, 0.6) is 0 Å². The predicted octanol–water partition coefficient (Wildman–Crippen LogP) is 2.69. The molecule has 1 aliphatic heterocycles. The molecule has 1 aliphatic rings. The Hall–Kier alpha value is -1.35. The van der Waals surface area contributed by atoms with Crippen molar-refractivity contribution in [2.24, 2.45) is 11.1 Å². The monoisotopic (exact) mass is 260 g/mol. The molecule has 3 nitrogen and oxygen atoms in total. The molecule has 104 valence electrons. The molecule has 1 aromatic rings. The van der Waals surface area contributed by atoms with Gasteiger partial charge < -0.3 is 10.6 Å². The zero-order valence-corrected chi connectivity index (χ0v) is 12.4. The summed E-state index contributed by atoms with van der Waals surface area (Å²) in [6.07, 6.45) is 0.916. The molecule has 1 heterocycles. The molecule has 3 heteroatoms. The van der Waals surface area contributed by atoms with Crippen LogP contribution in [0.15, 0.2) is 24.3 Å². The maximum absolute atomic E-state index is 12.6. The standard InChI is InChI=1S/C16H24N2O/c1-15(2,11-17)9-10-18-13-8-6-5-7-12(13)16(3,4)14(18)19/h5-8H,9-11,17H2,1-4H3. The lowest BCUT2D eigenvalue weighted by molar-refractivity contribution is -0.122. The normalized spacial score (nSPS) is 17.7. The van der Waals surface area contributed by atoms with Crippen molar-refractivity contribution in [2.45, 2.75) is 39.5 Å². The van der Waals surface area contributed by atoms with Crippen molar-refractivity contribution < 1.29 is 4.79 Å². The molecule has 2 N–H and O–H groups in total. The number of hydrogen-bond acceptors (Lipinski definition) is 2. The summed E-state index contributed by atoms with van der Waals surface area (Å²) in [6.45, 7) is 9.67. The molecule has 2 rings (SSSR count). The van der Waals surface area contributed by atoms with Crippen molar-refractivity contribution in [2.75, 3.05) is 18.0 Å². The van der Waals surface area contributed by atoms with E-state index in [1.165, 1.54) is 0 Å². The number of hydrogen-bond donors (Lipinski definition) is 1. The number of amides is 1. The summed E-state index contributed by atoms with van der Waals surface area (Å²) in [5.74, 6) is 0.196. The third-order valence-corrected chi connectivity index (χ3v) is 4.21. The highest BCUT2D eigenvalue weighted by molar-refractivity contribution is 6.07. The topological polar surface area (TPSA) is 46.3 Å². The smallest absolute Gasteiger partial charge is 0.237 e. The van der Waals surface area contributed by atoms with E-state index < -0.39 is 5.41 Å². The number of carbonyl (C=O) groups excluding carboxylic acids is 1. The molecular weight excluding hydrogens is 236 g/mol. The quantitative estimate of drug-likeness (QED) is 0.904. The highest BCUT2D eigenvalue weighted by Gasteiger charge is 2.43. The first kappa shape index (κ1) is 14.1. The average Bonchev–Trinajstić information content (AvgIpc) is 2.57. The lowest BCUT2D eigenvalue weighted by atomic mass is 9.86. The van der Waals surface area contributed by atoms with E-state index >= 15 is 0 Å². The number of anilines is 1. The van der Waals surface area contributed by atoms with Crippen LogP contribution in [0.3, 0.4) is 0 Å². The molecule has 0 saturated heterocycles. The van der Waals surface area contributed by atoms with Gasteiger partial charge in [0.25, 0.3) is 0 Å². The van der Waals surface area contributed by atoms with E-state index in [0.717, 1.165) is 24.2 Å². The van der Waals surface area contributed by atoms with E-state index in [-0.39, 0.29) is 11.3 Å². The zero-order chi connectivity index (χ0) is 14.3. The Kier molecular flexibility index (Phi) is 3.43. The molecule has 0 aliphatic carbocycles. The maximum atomic E-state index is 12.6. The highest BCUT2D eigenvalue weighted by Crippen LogP contribution is 2.41.